The summed E-state index contributed by atoms with van der Waals surface area (Å²) < 4.78 is 1.16. The van der Waals surface area contributed by atoms with Crippen molar-refractivity contribution in [1.29, 1.82) is 0 Å². The molecule has 2 aromatic heterocycles. The first kappa shape index (κ1) is 13.5. The number of rotatable bonds is 2. The molecule has 0 radical (unpaired) electrons. The van der Waals surface area contributed by atoms with Crippen LogP contribution in [0.4, 0.5) is 4.79 Å². The van der Waals surface area contributed by atoms with Gasteiger partial charge >= 0.3 is 6.03 Å². The highest BCUT2D eigenvalue weighted by Gasteiger charge is 2.13. The smallest absolute Gasteiger partial charge is 0.332 e. The average Bonchev–Trinajstić information content (AvgIpc) is 2.89. The Hall–Kier alpha value is -2.47. The molecule has 0 unspecified atom stereocenters. The highest BCUT2D eigenvalue weighted by molar-refractivity contribution is 6.31. The van der Waals surface area contributed by atoms with Crippen LogP contribution in [0.25, 0.3) is 11.2 Å². The van der Waals surface area contributed by atoms with Crippen molar-refractivity contribution in [2.24, 2.45) is 0 Å². The summed E-state index contributed by atoms with van der Waals surface area (Å²) in [6.07, 6.45) is 1.47. The van der Waals surface area contributed by atoms with E-state index in [-0.39, 0.29) is 6.03 Å². The number of hydrogen-bond acceptors (Lipinski definition) is 4. The molecule has 0 spiro atoms. The second kappa shape index (κ2) is 5.49. The Balaban J connectivity index is 1.81. The fourth-order valence-corrected chi connectivity index (χ4v) is 2.15. The van der Waals surface area contributed by atoms with E-state index in [4.69, 9.17) is 11.6 Å². The summed E-state index contributed by atoms with van der Waals surface area (Å²) in [5.41, 5.74) is 3.02. The van der Waals surface area contributed by atoms with Gasteiger partial charge < -0.3 is 5.32 Å². The molecule has 3 aromatic rings. The Bertz CT molecular complexity index is 814. The van der Waals surface area contributed by atoms with Gasteiger partial charge in [0.2, 0.25) is 5.65 Å². The van der Waals surface area contributed by atoms with Crippen LogP contribution < -0.4 is 5.32 Å². The van der Waals surface area contributed by atoms with E-state index in [9.17, 15) is 4.79 Å². The molecule has 0 aliphatic heterocycles. The standard InChI is InChI=1S/C14H12ClN5O/c1-9-4-2-3-5-10(9)7-17-14(21)20-12-6-11(15)8-16-13(12)18-19-20/h2-6,8H,7H2,1H3,(H,17,21). The van der Waals surface area contributed by atoms with E-state index in [0.717, 1.165) is 15.8 Å². The molecule has 0 fully saturated rings. The molecule has 1 amide bonds. The number of carbonyl (C=O) groups is 1. The summed E-state index contributed by atoms with van der Waals surface area (Å²) in [5, 5.41) is 10.9. The molecule has 106 valence electrons. The number of benzene rings is 1. The Morgan fingerprint density at radius 2 is 2.19 bits per heavy atom. The normalized spacial score (nSPS) is 10.8. The molecule has 3 rings (SSSR count). The Morgan fingerprint density at radius 3 is 3.00 bits per heavy atom. The van der Waals surface area contributed by atoms with E-state index in [0.29, 0.717) is 22.7 Å². The minimum atomic E-state index is -0.371. The number of nitrogens with one attached hydrogen (secondary N) is 1. The average molecular weight is 302 g/mol. The summed E-state index contributed by atoms with van der Waals surface area (Å²) in [6.45, 7) is 2.41. The van der Waals surface area contributed by atoms with Crippen molar-refractivity contribution in [2.75, 3.05) is 0 Å². The summed E-state index contributed by atoms with van der Waals surface area (Å²) in [7, 11) is 0. The monoisotopic (exact) mass is 301 g/mol. The lowest BCUT2D eigenvalue weighted by molar-refractivity contribution is 0.239. The van der Waals surface area contributed by atoms with Crippen LogP contribution in [0.5, 0.6) is 0 Å². The zero-order valence-corrected chi connectivity index (χ0v) is 12.0. The maximum Gasteiger partial charge on any atom is 0.344 e. The van der Waals surface area contributed by atoms with Crippen LogP contribution in [0, 0.1) is 6.92 Å². The lowest BCUT2D eigenvalue weighted by Crippen LogP contribution is -2.29. The molecular weight excluding hydrogens is 290 g/mol. The number of halogens is 1. The van der Waals surface area contributed by atoms with Crippen LogP contribution >= 0.6 is 11.6 Å². The SMILES string of the molecule is Cc1ccccc1CNC(=O)n1nnc2ncc(Cl)cc21. The van der Waals surface area contributed by atoms with Crippen molar-refractivity contribution in [3.05, 3.63) is 52.7 Å². The van der Waals surface area contributed by atoms with Crippen molar-refractivity contribution >= 4 is 28.8 Å². The van der Waals surface area contributed by atoms with Gasteiger partial charge in [0.25, 0.3) is 0 Å². The number of carbonyl (C=O) groups excluding carboxylic acids is 1. The van der Waals surface area contributed by atoms with Gasteiger partial charge in [-0.25, -0.2) is 9.78 Å². The lowest BCUT2D eigenvalue weighted by Gasteiger charge is -2.07. The van der Waals surface area contributed by atoms with Gasteiger partial charge in [-0.15, -0.1) is 5.10 Å². The molecule has 2 heterocycles. The van der Waals surface area contributed by atoms with Crippen LogP contribution in [-0.2, 0) is 6.54 Å². The van der Waals surface area contributed by atoms with Crippen molar-refractivity contribution in [3.63, 3.8) is 0 Å². The minimum absolute atomic E-state index is 0.371. The van der Waals surface area contributed by atoms with E-state index >= 15 is 0 Å². The number of fused-ring (bicyclic) bond motifs is 1. The van der Waals surface area contributed by atoms with Gasteiger partial charge in [0.15, 0.2) is 0 Å². The van der Waals surface area contributed by atoms with Crippen molar-refractivity contribution in [1.82, 2.24) is 25.3 Å². The molecule has 1 aromatic carbocycles. The minimum Gasteiger partial charge on any atom is -0.332 e. The van der Waals surface area contributed by atoms with Gasteiger partial charge in [-0.2, -0.15) is 4.68 Å². The van der Waals surface area contributed by atoms with Gasteiger partial charge in [0.1, 0.15) is 5.52 Å². The van der Waals surface area contributed by atoms with Crippen LogP contribution in [-0.4, -0.2) is 26.0 Å². The van der Waals surface area contributed by atoms with Crippen molar-refractivity contribution in [2.45, 2.75) is 13.5 Å². The third kappa shape index (κ3) is 2.71. The quantitative estimate of drug-likeness (QED) is 0.789. The number of hydrogen-bond donors (Lipinski definition) is 1. The van der Waals surface area contributed by atoms with Gasteiger partial charge in [0, 0.05) is 12.7 Å². The molecule has 0 aliphatic carbocycles. The predicted octanol–water partition coefficient (Wildman–Crippen LogP) is 2.55. The van der Waals surface area contributed by atoms with E-state index in [1.165, 1.54) is 6.20 Å². The molecular formula is C14H12ClN5O. The first-order valence-corrected chi connectivity index (χ1v) is 6.72. The Labute approximate surface area is 125 Å². The van der Waals surface area contributed by atoms with Crippen LogP contribution in [0.15, 0.2) is 36.5 Å². The first-order valence-electron chi connectivity index (χ1n) is 6.35. The fourth-order valence-electron chi connectivity index (χ4n) is 1.99. The Kier molecular flexibility index (Phi) is 3.53. The predicted molar refractivity (Wildman–Crippen MR) is 79.1 cm³/mol. The molecule has 0 bridgehead atoms. The maximum absolute atomic E-state index is 12.2. The van der Waals surface area contributed by atoms with Crippen LogP contribution in [0.3, 0.4) is 0 Å². The van der Waals surface area contributed by atoms with E-state index in [2.05, 4.69) is 20.6 Å². The van der Waals surface area contributed by atoms with Gasteiger partial charge in [-0.3, -0.25) is 0 Å². The summed E-state index contributed by atoms with van der Waals surface area (Å²) >= 11 is 5.88. The highest BCUT2D eigenvalue weighted by atomic mass is 35.5. The molecule has 0 saturated carbocycles. The largest absolute Gasteiger partial charge is 0.344 e. The van der Waals surface area contributed by atoms with Gasteiger partial charge in [-0.1, -0.05) is 41.1 Å². The van der Waals surface area contributed by atoms with Crippen molar-refractivity contribution < 1.29 is 4.79 Å². The second-order valence-electron chi connectivity index (χ2n) is 4.58. The Morgan fingerprint density at radius 1 is 1.38 bits per heavy atom. The zero-order valence-electron chi connectivity index (χ0n) is 11.2. The topological polar surface area (TPSA) is 72.7 Å². The van der Waals surface area contributed by atoms with Gasteiger partial charge in [0.05, 0.1) is 5.02 Å². The maximum atomic E-state index is 12.2. The third-order valence-corrected chi connectivity index (χ3v) is 3.36. The summed E-state index contributed by atoms with van der Waals surface area (Å²) in [6, 6.07) is 9.09. The second-order valence-corrected chi connectivity index (χ2v) is 5.02. The molecule has 0 saturated heterocycles. The van der Waals surface area contributed by atoms with Crippen LogP contribution in [0.2, 0.25) is 5.02 Å². The molecule has 6 nitrogen and oxygen atoms in total. The highest BCUT2D eigenvalue weighted by Crippen LogP contribution is 2.14. The first-order chi connectivity index (χ1) is 10.1. The fraction of sp³-hybridized carbons (Fsp3) is 0.143. The number of aromatic nitrogens is 4. The number of amides is 1. The van der Waals surface area contributed by atoms with Crippen LogP contribution in [0.1, 0.15) is 11.1 Å². The molecule has 7 heteroatoms. The number of nitrogens with zero attached hydrogens (tertiary/aromatic N) is 4. The molecule has 21 heavy (non-hydrogen) atoms. The molecule has 0 aliphatic rings. The number of aryl methyl sites for hydroxylation is 1. The van der Waals surface area contributed by atoms with Gasteiger partial charge in [-0.05, 0) is 24.1 Å². The molecule has 0 atom stereocenters. The third-order valence-electron chi connectivity index (χ3n) is 3.15. The van der Waals surface area contributed by atoms with Crippen molar-refractivity contribution in [3.8, 4) is 0 Å². The summed E-state index contributed by atoms with van der Waals surface area (Å²) in [5.74, 6) is 0. The van der Waals surface area contributed by atoms with E-state index in [1.807, 2.05) is 31.2 Å². The van der Waals surface area contributed by atoms with E-state index in [1.54, 1.807) is 6.07 Å². The zero-order chi connectivity index (χ0) is 14.8. The molecule has 1 N–H and O–H groups in total. The summed E-state index contributed by atoms with van der Waals surface area (Å²) in [4.78, 5) is 16.2. The lowest BCUT2D eigenvalue weighted by atomic mass is 10.1. The number of pyridine rings is 1. The van der Waals surface area contributed by atoms with E-state index < -0.39 is 0 Å².